The topological polar surface area (TPSA) is 53.0 Å². The Balaban J connectivity index is 1.79. The van der Waals surface area contributed by atoms with Gasteiger partial charge < -0.3 is 14.7 Å². The summed E-state index contributed by atoms with van der Waals surface area (Å²) in [6, 6.07) is 9.92. The van der Waals surface area contributed by atoms with Gasteiger partial charge in [-0.15, -0.1) is 0 Å². The van der Waals surface area contributed by atoms with Crippen molar-refractivity contribution in [2.45, 2.75) is 32.6 Å². The molecule has 1 heterocycles. The van der Waals surface area contributed by atoms with Gasteiger partial charge >= 0.3 is 6.09 Å². The summed E-state index contributed by atoms with van der Waals surface area (Å²) in [5, 5.41) is 9.46. The monoisotopic (exact) mass is 292 g/mol. The number of nitrogens with zero attached hydrogens (tertiary/aromatic N) is 2. The molecule has 1 aromatic carbocycles. The van der Waals surface area contributed by atoms with E-state index in [0.717, 1.165) is 12.1 Å². The van der Waals surface area contributed by atoms with Crippen molar-refractivity contribution in [1.29, 1.82) is 0 Å². The Hall–Kier alpha value is -1.59. The molecule has 2 atom stereocenters. The average molecular weight is 292 g/mol. The third-order valence-corrected chi connectivity index (χ3v) is 3.73. The summed E-state index contributed by atoms with van der Waals surface area (Å²) in [6.07, 6.45) is -0.605. The van der Waals surface area contributed by atoms with Crippen LogP contribution in [0.5, 0.6) is 0 Å². The number of β-amino-alcohol motifs (C(OH)–C–C–N with tert-alkyl or cyclic N) is 1. The summed E-state index contributed by atoms with van der Waals surface area (Å²) >= 11 is 0. The van der Waals surface area contributed by atoms with Crippen molar-refractivity contribution in [3.63, 3.8) is 0 Å². The zero-order chi connectivity index (χ0) is 15.2. The lowest BCUT2D eigenvalue weighted by Crippen LogP contribution is -2.55. The average Bonchev–Trinajstić information content (AvgIpc) is 2.47. The van der Waals surface area contributed by atoms with E-state index in [1.807, 2.05) is 30.3 Å². The second-order valence-electron chi connectivity index (χ2n) is 5.68. The minimum absolute atomic E-state index is 0.234. The van der Waals surface area contributed by atoms with Crippen LogP contribution < -0.4 is 0 Å². The molecule has 2 rings (SSSR count). The molecule has 1 aromatic rings. The second kappa shape index (κ2) is 7.43. The minimum atomic E-state index is -0.343. The van der Waals surface area contributed by atoms with E-state index in [1.165, 1.54) is 0 Å². The highest BCUT2D eigenvalue weighted by Gasteiger charge is 2.27. The van der Waals surface area contributed by atoms with Crippen LogP contribution in [0.25, 0.3) is 0 Å². The van der Waals surface area contributed by atoms with Crippen molar-refractivity contribution in [3.05, 3.63) is 35.9 Å². The Morgan fingerprint density at radius 2 is 2.10 bits per heavy atom. The van der Waals surface area contributed by atoms with Gasteiger partial charge in [0.25, 0.3) is 0 Å². The standard InChI is InChI=1S/C16H24N2O3/c1-13-10-18(9-8-17(13)11-14(2)19)16(20)21-12-15-6-4-3-5-7-15/h3-7,13-14,19H,8-12H2,1-2H3. The zero-order valence-electron chi connectivity index (χ0n) is 12.7. The first kappa shape index (κ1) is 15.8. The Morgan fingerprint density at radius 3 is 2.71 bits per heavy atom. The van der Waals surface area contributed by atoms with Gasteiger partial charge in [0.1, 0.15) is 6.61 Å². The fourth-order valence-corrected chi connectivity index (χ4v) is 2.58. The molecule has 0 bridgehead atoms. The Bertz CT molecular complexity index is 450. The highest BCUT2D eigenvalue weighted by molar-refractivity contribution is 5.67. The number of rotatable bonds is 4. The van der Waals surface area contributed by atoms with E-state index in [4.69, 9.17) is 4.74 Å². The second-order valence-corrected chi connectivity index (χ2v) is 5.68. The van der Waals surface area contributed by atoms with Crippen LogP contribution in [0.1, 0.15) is 19.4 Å². The van der Waals surface area contributed by atoms with E-state index in [-0.39, 0.29) is 18.2 Å². The fourth-order valence-electron chi connectivity index (χ4n) is 2.58. The molecule has 1 N–H and O–H groups in total. The lowest BCUT2D eigenvalue weighted by molar-refractivity contribution is 0.0327. The number of piperazine rings is 1. The van der Waals surface area contributed by atoms with Gasteiger partial charge in [0, 0.05) is 32.2 Å². The molecule has 0 aromatic heterocycles. The van der Waals surface area contributed by atoms with Crippen LogP contribution in [-0.4, -0.2) is 59.3 Å². The maximum Gasteiger partial charge on any atom is 0.410 e. The van der Waals surface area contributed by atoms with Crippen molar-refractivity contribution in [3.8, 4) is 0 Å². The molecular weight excluding hydrogens is 268 g/mol. The summed E-state index contributed by atoms with van der Waals surface area (Å²) in [5.41, 5.74) is 0.992. The number of aliphatic hydroxyl groups excluding tert-OH is 1. The lowest BCUT2D eigenvalue weighted by atomic mass is 10.2. The fraction of sp³-hybridized carbons (Fsp3) is 0.562. The van der Waals surface area contributed by atoms with Gasteiger partial charge in [-0.2, -0.15) is 0 Å². The SMILES string of the molecule is CC(O)CN1CCN(C(=O)OCc2ccccc2)CC1C. The number of amides is 1. The van der Waals surface area contributed by atoms with E-state index < -0.39 is 0 Å². The normalized spacial score (nSPS) is 21.1. The molecule has 21 heavy (non-hydrogen) atoms. The Morgan fingerprint density at radius 1 is 1.38 bits per heavy atom. The molecule has 116 valence electrons. The molecule has 5 heteroatoms. The van der Waals surface area contributed by atoms with E-state index in [2.05, 4.69) is 11.8 Å². The number of carbonyl (C=O) groups is 1. The van der Waals surface area contributed by atoms with Gasteiger partial charge in [-0.1, -0.05) is 30.3 Å². The quantitative estimate of drug-likeness (QED) is 0.918. The van der Waals surface area contributed by atoms with Gasteiger partial charge in [0.2, 0.25) is 0 Å². The van der Waals surface area contributed by atoms with Gasteiger partial charge in [0.05, 0.1) is 6.10 Å². The van der Waals surface area contributed by atoms with Crippen LogP contribution in [-0.2, 0) is 11.3 Å². The molecule has 0 aliphatic carbocycles. The number of carbonyl (C=O) groups excluding carboxylic acids is 1. The minimum Gasteiger partial charge on any atom is -0.445 e. The van der Waals surface area contributed by atoms with Crippen LogP contribution in [0.3, 0.4) is 0 Å². The summed E-state index contributed by atoms with van der Waals surface area (Å²) in [4.78, 5) is 16.0. The van der Waals surface area contributed by atoms with Gasteiger partial charge in [0.15, 0.2) is 0 Å². The number of hydrogen-bond acceptors (Lipinski definition) is 4. The highest BCUT2D eigenvalue weighted by Crippen LogP contribution is 2.12. The molecular formula is C16H24N2O3. The molecule has 0 radical (unpaired) electrons. The molecule has 1 aliphatic rings. The summed E-state index contributed by atoms with van der Waals surface area (Å²) < 4.78 is 5.35. The number of hydrogen-bond donors (Lipinski definition) is 1. The first-order chi connectivity index (χ1) is 10.1. The predicted octanol–water partition coefficient (Wildman–Crippen LogP) is 1.71. The van der Waals surface area contributed by atoms with Crippen LogP contribution in [0, 0.1) is 0 Å². The third kappa shape index (κ3) is 4.72. The largest absolute Gasteiger partial charge is 0.445 e. The zero-order valence-corrected chi connectivity index (χ0v) is 12.7. The van der Waals surface area contributed by atoms with Gasteiger partial charge in [-0.25, -0.2) is 4.79 Å². The molecule has 0 saturated carbocycles. The molecule has 5 nitrogen and oxygen atoms in total. The third-order valence-electron chi connectivity index (χ3n) is 3.73. The Labute approximate surface area is 126 Å². The highest BCUT2D eigenvalue weighted by atomic mass is 16.6. The summed E-state index contributed by atoms with van der Waals surface area (Å²) in [5.74, 6) is 0. The van der Waals surface area contributed by atoms with Gasteiger partial charge in [-0.3, -0.25) is 4.90 Å². The number of benzene rings is 1. The van der Waals surface area contributed by atoms with Crippen molar-refractivity contribution in [2.75, 3.05) is 26.2 Å². The van der Waals surface area contributed by atoms with Crippen molar-refractivity contribution in [1.82, 2.24) is 9.80 Å². The maximum absolute atomic E-state index is 12.1. The first-order valence-electron chi connectivity index (χ1n) is 7.44. The maximum atomic E-state index is 12.1. The van der Waals surface area contributed by atoms with E-state index in [1.54, 1.807) is 11.8 Å². The molecule has 1 saturated heterocycles. The first-order valence-corrected chi connectivity index (χ1v) is 7.44. The predicted molar refractivity (Wildman–Crippen MR) is 80.9 cm³/mol. The molecule has 0 spiro atoms. The summed E-state index contributed by atoms with van der Waals surface area (Å²) in [7, 11) is 0. The number of ether oxygens (including phenoxy) is 1. The van der Waals surface area contributed by atoms with Crippen LogP contribution in [0.2, 0.25) is 0 Å². The van der Waals surface area contributed by atoms with E-state index in [9.17, 15) is 9.90 Å². The van der Waals surface area contributed by atoms with Gasteiger partial charge in [-0.05, 0) is 19.4 Å². The molecule has 1 fully saturated rings. The van der Waals surface area contributed by atoms with E-state index in [0.29, 0.717) is 26.2 Å². The Kier molecular flexibility index (Phi) is 5.59. The summed E-state index contributed by atoms with van der Waals surface area (Å²) in [6.45, 7) is 6.86. The van der Waals surface area contributed by atoms with Crippen molar-refractivity contribution >= 4 is 6.09 Å². The smallest absolute Gasteiger partial charge is 0.410 e. The van der Waals surface area contributed by atoms with Crippen LogP contribution in [0.15, 0.2) is 30.3 Å². The van der Waals surface area contributed by atoms with Crippen LogP contribution >= 0.6 is 0 Å². The van der Waals surface area contributed by atoms with Crippen LogP contribution in [0.4, 0.5) is 4.79 Å². The van der Waals surface area contributed by atoms with Crippen molar-refractivity contribution in [2.24, 2.45) is 0 Å². The molecule has 1 amide bonds. The lowest BCUT2D eigenvalue weighted by Gasteiger charge is -2.39. The van der Waals surface area contributed by atoms with Crippen molar-refractivity contribution < 1.29 is 14.6 Å². The molecule has 1 aliphatic heterocycles. The van der Waals surface area contributed by atoms with E-state index >= 15 is 0 Å². The number of aliphatic hydroxyl groups is 1. The molecule has 2 unspecified atom stereocenters.